The summed E-state index contributed by atoms with van der Waals surface area (Å²) in [6.45, 7) is 4.78. The molecule has 1 aromatic carbocycles. The summed E-state index contributed by atoms with van der Waals surface area (Å²) in [5, 5.41) is 3.34. The Morgan fingerprint density at radius 3 is 2.72 bits per heavy atom. The summed E-state index contributed by atoms with van der Waals surface area (Å²) in [5.74, 6) is 0. The zero-order valence-corrected chi connectivity index (χ0v) is 12.8. The van der Waals surface area contributed by atoms with Gasteiger partial charge in [0.05, 0.1) is 6.61 Å². The largest absolute Gasteiger partial charge is 0.383 e. The van der Waals surface area contributed by atoms with Crippen LogP contribution in [0.3, 0.4) is 0 Å². The molecule has 0 aliphatic rings. The van der Waals surface area contributed by atoms with Gasteiger partial charge in [0.15, 0.2) is 0 Å². The van der Waals surface area contributed by atoms with Gasteiger partial charge in [0.2, 0.25) is 0 Å². The third kappa shape index (κ3) is 7.72. The second-order valence-electron chi connectivity index (χ2n) is 4.46. The Morgan fingerprint density at radius 1 is 1.11 bits per heavy atom. The summed E-state index contributed by atoms with van der Waals surface area (Å²) in [5.41, 5.74) is 1.14. The Kier molecular flexibility index (Phi) is 8.96. The van der Waals surface area contributed by atoms with Crippen LogP contribution < -0.4 is 5.32 Å². The van der Waals surface area contributed by atoms with Crippen molar-refractivity contribution in [1.29, 1.82) is 0 Å². The second kappa shape index (κ2) is 10.4. The lowest BCUT2D eigenvalue weighted by atomic mass is 10.2. The first kappa shape index (κ1) is 15.5. The maximum absolute atomic E-state index is 5.59. The van der Waals surface area contributed by atoms with Crippen molar-refractivity contribution in [1.82, 2.24) is 0 Å². The van der Waals surface area contributed by atoms with Crippen molar-refractivity contribution in [2.24, 2.45) is 0 Å². The quantitative estimate of drug-likeness (QED) is 0.623. The minimum Gasteiger partial charge on any atom is -0.383 e. The number of hydrogen-bond donors (Lipinski definition) is 1. The van der Waals surface area contributed by atoms with Crippen LogP contribution in [-0.2, 0) is 4.74 Å². The monoisotopic (exact) mass is 313 g/mol. The van der Waals surface area contributed by atoms with Crippen molar-refractivity contribution in [3.8, 4) is 0 Å². The molecule has 0 amide bonds. The molecule has 0 saturated heterocycles. The van der Waals surface area contributed by atoms with E-state index in [1.54, 1.807) is 0 Å². The maximum atomic E-state index is 5.59. The molecule has 3 heteroatoms. The number of benzene rings is 1. The summed E-state index contributed by atoms with van der Waals surface area (Å²) < 4.78 is 6.69. The molecule has 1 aromatic rings. The highest BCUT2D eigenvalue weighted by atomic mass is 79.9. The first-order valence-electron chi connectivity index (χ1n) is 6.90. The molecule has 0 bridgehead atoms. The molecule has 102 valence electrons. The Hall–Kier alpha value is -0.540. The van der Waals surface area contributed by atoms with Gasteiger partial charge in [0, 0.05) is 23.3 Å². The number of hydrogen-bond acceptors (Lipinski definition) is 2. The Bertz CT molecular complexity index is 317. The van der Waals surface area contributed by atoms with Crippen LogP contribution in [0.25, 0.3) is 0 Å². The zero-order valence-electron chi connectivity index (χ0n) is 11.3. The molecule has 0 aliphatic carbocycles. The molecule has 1 N–H and O–H groups in total. The van der Waals surface area contributed by atoms with Crippen LogP contribution in [0.15, 0.2) is 28.7 Å². The summed E-state index contributed by atoms with van der Waals surface area (Å²) in [6.07, 6.45) is 6.49. The fourth-order valence-electron chi connectivity index (χ4n) is 1.78. The van der Waals surface area contributed by atoms with Gasteiger partial charge in [0.25, 0.3) is 0 Å². The minimum atomic E-state index is 0.778. The predicted octanol–water partition coefficient (Wildman–Crippen LogP) is 4.85. The van der Waals surface area contributed by atoms with Crippen molar-refractivity contribution in [2.75, 3.05) is 25.1 Å². The van der Waals surface area contributed by atoms with Gasteiger partial charge in [0.1, 0.15) is 0 Å². The van der Waals surface area contributed by atoms with Crippen LogP contribution >= 0.6 is 15.9 Å². The highest BCUT2D eigenvalue weighted by molar-refractivity contribution is 9.10. The SMILES string of the molecule is CCCCCCCOCCNc1cccc(Br)c1. The van der Waals surface area contributed by atoms with Crippen LogP contribution in [0.4, 0.5) is 5.69 Å². The van der Waals surface area contributed by atoms with E-state index < -0.39 is 0 Å². The molecular formula is C15H24BrNO. The van der Waals surface area contributed by atoms with Crippen LogP contribution in [-0.4, -0.2) is 19.8 Å². The molecule has 18 heavy (non-hydrogen) atoms. The van der Waals surface area contributed by atoms with Crippen molar-refractivity contribution in [2.45, 2.75) is 39.0 Å². The van der Waals surface area contributed by atoms with Crippen LogP contribution in [0.1, 0.15) is 39.0 Å². The number of halogens is 1. The Labute approximate surface area is 119 Å². The standard InChI is InChI=1S/C15H24BrNO/c1-2-3-4-5-6-11-18-12-10-17-15-9-7-8-14(16)13-15/h7-9,13,17H,2-6,10-12H2,1H3. The van der Waals surface area contributed by atoms with E-state index >= 15 is 0 Å². The van der Waals surface area contributed by atoms with E-state index in [2.05, 4.69) is 40.3 Å². The average Bonchev–Trinajstić information content (AvgIpc) is 2.37. The van der Waals surface area contributed by atoms with Crippen molar-refractivity contribution in [3.63, 3.8) is 0 Å². The number of ether oxygens (including phenoxy) is 1. The van der Waals surface area contributed by atoms with Crippen molar-refractivity contribution in [3.05, 3.63) is 28.7 Å². The van der Waals surface area contributed by atoms with Gasteiger partial charge in [-0.05, 0) is 24.6 Å². The first-order chi connectivity index (χ1) is 8.83. The second-order valence-corrected chi connectivity index (χ2v) is 5.38. The Morgan fingerprint density at radius 2 is 1.94 bits per heavy atom. The summed E-state index contributed by atoms with van der Waals surface area (Å²) >= 11 is 3.45. The van der Waals surface area contributed by atoms with E-state index in [9.17, 15) is 0 Å². The van der Waals surface area contributed by atoms with Crippen LogP contribution in [0, 0.1) is 0 Å². The van der Waals surface area contributed by atoms with Crippen LogP contribution in [0.2, 0.25) is 0 Å². The van der Waals surface area contributed by atoms with Gasteiger partial charge in [-0.2, -0.15) is 0 Å². The molecule has 0 fully saturated rings. The summed E-state index contributed by atoms with van der Waals surface area (Å²) in [6, 6.07) is 8.19. The third-order valence-electron chi connectivity index (χ3n) is 2.79. The predicted molar refractivity (Wildman–Crippen MR) is 82.2 cm³/mol. The van der Waals surface area contributed by atoms with E-state index in [1.807, 2.05) is 12.1 Å². The van der Waals surface area contributed by atoms with E-state index in [0.717, 1.165) is 29.9 Å². The molecule has 0 saturated carbocycles. The van der Waals surface area contributed by atoms with Gasteiger partial charge in [-0.3, -0.25) is 0 Å². The molecule has 0 aliphatic heterocycles. The van der Waals surface area contributed by atoms with E-state index in [4.69, 9.17) is 4.74 Å². The number of unbranched alkanes of at least 4 members (excludes halogenated alkanes) is 4. The molecule has 0 heterocycles. The Balaban J connectivity index is 1.92. The molecule has 0 aromatic heterocycles. The molecule has 1 rings (SSSR count). The molecule has 0 radical (unpaired) electrons. The maximum Gasteiger partial charge on any atom is 0.0639 e. The third-order valence-corrected chi connectivity index (χ3v) is 3.29. The van der Waals surface area contributed by atoms with Gasteiger partial charge < -0.3 is 10.1 Å². The van der Waals surface area contributed by atoms with E-state index in [-0.39, 0.29) is 0 Å². The molecule has 0 spiro atoms. The molecule has 0 unspecified atom stereocenters. The van der Waals surface area contributed by atoms with Crippen molar-refractivity contribution < 1.29 is 4.74 Å². The first-order valence-corrected chi connectivity index (χ1v) is 7.69. The van der Waals surface area contributed by atoms with Crippen molar-refractivity contribution >= 4 is 21.6 Å². The normalized spacial score (nSPS) is 10.6. The van der Waals surface area contributed by atoms with E-state index in [0.29, 0.717) is 0 Å². The molecule has 2 nitrogen and oxygen atoms in total. The zero-order chi connectivity index (χ0) is 13.1. The van der Waals surface area contributed by atoms with E-state index in [1.165, 1.54) is 32.1 Å². The van der Waals surface area contributed by atoms with Gasteiger partial charge in [-0.1, -0.05) is 54.6 Å². The lowest BCUT2D eigenvalue weighted by Gasteiger charge is -2.07. The minimum absolute atomic E-state index is 0.778. The topological polar surface area (TPSA) is 21.3 Å². The average molecular weight is 314 g/mol. The highest BCUT2D eigenvalue weighted by Gasteiger charge is 1.93. The van der Waals surface area contributed by atoms with Crippen LogP contribution in [0.5, 0.6) is 0 Å². The summed E-state index contributed by atoms with van der Waals surface area (Å²) in [4.78, 5) is 0. The highest BCUT2D eigenvalue weighted by Crippen LogP contribution is 2.15. The lowest BCUT2D eigenvalue weighted by Crippen LogP contribution is -2.09. The number of rotatable bonds is 10. The fraction of sp³-hybridized carbons (Fsp3) is 0.600. The number of nitrogens with one attached hydrogen (secondary N) is 1. The molecular weight excluding hydrogens is 290 g/mol. The van der Waals surface area contributed by atoms with Gasteiger partial charge in [-0.15, -0.1) is 0 Å². The lowest BCUT2D eigenvalue weighted by molar-refractivity contribution is 0.139. The smallest absolute Gasteiger partial charge is 0.0639 e. The molecule has 0 atom stereocenters. The number of anilines is 1. The van der Waals surface area contributed by atoms with Gasteiger partial charge in [-0.25, -0.2) is 0 Å². The summed E-state index contributed by atoms with van der Waals surface area (Å²) in [7, 11) is 0. The van der Waals surface area contributed by atoms with Gasteiger partial charge >= 0.3 is 0 Å². The fourth-order valence-corrected chi connectivity index (χ4v) is 2.17.